The Morgan fingerprint density at radius 2 is 1.86 bits per heavy atom. The number of pyridine rings is 1. The third-order valence-corrected chi connectivity index (χ3v) is 5.13. The maximum Gasteiger partial charge on any atom is 0.256 e. The lowest BCUT2D eigenvalue weighted by molar-refractivity contribution is 0.0540. The Morgan fingerprint density at radius 3 is 2.76 bits per heavy atom. The van der Waals surface area contributed by atoms with E-state index in [0.717, 1.165) is 24.1 Å². The molecular weight excluding hydrogens is 368 g/mol. The first kappa shape index (κ1) is 17.4. The smallest absolute Gasteiger partial charge is 0.256 e. The monoisotopic (exact) mass is 388 g/mol. The third kappa shape index (κ3) is 3.33. The first-order valence-corrected chi connectivity index (χ1v) is 9.63. The molecule has 4 aromatic rings. The van der Waals surface area contributed by atoms with Crippen LogP contribution in [-0.2, 0) is 0 Å². The lowest BCUT2D eigenvalue weighted by Gasteiger charge is -2.33. The summed E-state index contributed by atoms with van der Waals surface area (Å²) < 4.78 is 8.05. The number of piperidine rings is 1. The summed E-state index contributed by atoms with van der Waals surface area (Å²) in [5.74, 6) is 0.749. The van der Waals surface area contributed by atoms with Crippen LogP contribution >= 0.6 is 0 Å². The summed E-state index contributed by atoms with van der Waals surface area (Å²) in [6.07, 6.45) is 8.57. The van der Waals surface area contributed by atoms with Crippen molar-refractivity contribution in [3.8, 4) is 11.4 Å². The number of likely N-dealkylation sites (tertiary alicyclic amines) is 1. The number of hydrogen-bond acceptors (Lipinski definition) is 5. The molecule has 29 heavy (non-hydrogen) atoms. The van der Waals surface area contributed by atoms with Crippen molar-refractivity contribution in [3.63, 3.8) is 0 Å². The van der Waals surface area contributed by atoms with Crippen molar-refractivity contribution in [2.24, 2.45) is 0 Å². The molecule has 1 saturated heterocycles. The second-order valence-corrected chi connectivity index (χ2v) is 7.00. The summed E-state index contributed by atoms with van der Waals surface area (Å²) in [5, 5.41) is 12.6. The molecule has 1 aliphatic rings. The first-order chi connectivity index (χ1) is 14.3. The summed E-state index contributed by atoms with van der Waals surface area (Å²) in [4.78, 5) is 16.6. The average Bonchev–Trinajstić information content (AvgIpc) is 3.46. The highest BCUT2D eigenvalue weighted by atomic mass is 16.5. The molecule has 0 aliphatic carbocycles. The Kier molecular flexibility index (Phi) is 4.44. The fraction of sp³-hybridized carbons (Fsp3) is 0.238. The predicted octanol–water partition coefficient (Wildman–Crippen LogP) is 2.60. The van der Waals surface area contributed by atoms with Crippen LogP contribution in [0.25, 0.3) is 11.2 Å². The van der Waals surface area contributed by atoms with Gasteiger partial charge < -0.3 is 9.64 Å². The van der Waals surface area contributed by atoms with Gasteiger partial charge in [-0.2, -0.15) is 20.1 Å². The normalized spacial score (nSPS) is 16.8. The first-order valence-electron chi connectivity index (χ1n) is 9.63. The highest BCUT2D eigenvalue weighted by Crippen LogP contribution is 2.24. The average molecular weight is 388 g/mol. The Morgan fingerprint density at radius 1 is 1.00 bits per heavy atom. The van der Waals surface area contributed by atoms with Gasteiger partial charge in [-0.05, 0) is 43.2 Å². The van der Waals surface area contributed by atoms with Crippen LogP contribution in [0.1, 0.15) is 23.2 Å². The van der Waals surface area contributed by atoms with Crippen LogP contribution in [0.15, 0.2) is 67.3 Å². The Balaban J connectivity index is 1.36. The lowest BCUT2D eigenvalue weighted by atomic mass is 10.1. The predicted molar refractivity (Wildman–Crippen MR) is 106 cm³/mol. The van der Waals surface area contributed by atoms with Crippen molar-refractivity contribution in [2.45, 2.75) is 18.9 Å². The summed E-state index contributed by atoms with van der Waals surface area (Å²) in [6, 6.07) is 13.2. The van der Waals surface area contributed by atoms with Crippen molar-refractivity contribution in [1.82, 2.24) is 29.5 Å². The molecule has 0 radical (unpaired) electrons. The maximum atomic E-state index is 13.3. The number of benzene rings is 1. The molecule has 3 aromatic heterocycles. The van der Waals surface area contributed by atoms with Crippen LogP contribution in [0.2, 0.25) is 0 Å². The summed E-state index contributed by atoms with van der Waals surface area (Å²) in [6.45, 7) is 1.24. The van der Waals surface area contributed by atoms with Gasteiger partial charge >= 0.3 is 0 Å². The van der Waals surface area contributed by atoms with Gasteiger partial charge in [-0.15, -0.1) is 0 Å². The van der Waals surface area contributed by atoms with Crippen LogP contribution in [0.3, 0.4) is 0 Å². The third-order valence-electron chi connectivity index (χ3n) is 5.13. The number of para-hydroxylation sites is 1. The number of aromatic nitrogens is 5. The molecule has 0 N–H and O–H groups in total. The minimum atomic E-state index is -0.0659. The fourth-order valence-corrected chi connectivity index (χ4v) is 3.76. The van der Waals surface area contributed by atoms with Gasteiger partial charge in [0.1, 0.15) is 17.4 Å². The second-order valence-electron chi connectivity index (χ2n) is 7.00. The van der Waals surface area contributed by atoms with Gasteiger partial charge in [0.05, 0.1) is 36.4 Å². The van der Waals surface area contributed by atoms with Gasteiger partial charge in [0.2, 0.25) is 0 Å². The molecule has 1 aromatic carbocycles. The van der Waals surface area contributed by atoms with Crippen molar-refractivity contribution >= 4 is 11.4 Å². The summed E-state index contributed by atoms with van der Waals surface area (Å²) in [5.41, 5.74) is 2.18. The van der Waals surface area contributed by atoms with Gasteiger partial charge in [-0.1, -0.05) is 12.1 Å². The molecule has 4 heterocycles. The number of carbonyl (C=O) groups is 1. The minimum absolute atomic E-state index is 0.0336. The van der Waals surface area contributed by atoms with E-state index in [1.165, 1.54) is 4.80 Å². The number of rotatable bonds is 4. The van der Waals surface area contributed by atoms with Crippen LogP contribution in [0.4, 0.5) is 0 Å². The zero-order valence-electron chi connectivity index (χ0n) is 15.8. The number of ether oxygens (including phenoxy) is 1. The summed E-state index contributed by atoms with van der Waals surface area (Å²) >= 11 is 0. The van der Waals surface area contributed by atoms with E-state index in [-0.39, 0.29) is 12.0 Å². The summed E-state index contributed by atoms with van der Waals surface area (Å²) in [7, 11) is 0. The van der Waals surface area contributed by atoms with Gasteiger partial charge in [-0.3, -0.25) is 4.79 Å². The molecule has 1 fully saturated rings. The van der Waals surface area contributed by atoms with E-state index in [1.807, 2.05) is 53.6 Å². The van der Waals surface area contributed by atoms with Crippen LogP contribution in [0, 0.1) is 0 Å². The molecule has 1 aliphatic heterocycles. The highest BCUT2D eigenvalue weighted by Gasteiger charge is 2.27. The number of hydrogen-bond donors (Lipinski definition) is 0. The molecule has 0 bridgehead atoms. The van der Waals surface area contributed by atoms with E-state index in [4.69, 9.17) is 4.74 Å². The topological polar surface area (TPSA) is 77.5 Å². The van der Waals surface area contributed by atoms with Gasteiger partial charge in [-0.25, -0.2) is 4.52 Å². The van der Waals surface area contributed by atoms with E-state index < -0.39 is 0 Å². The fourth-order valence-electron chi connectivity index (χ4n) is 3.76. The van der Waals surface area contributed by atoms with Crippen LogP contribution in [-0.4, -0.2) is 54.6 Å². The Hall–Kier alpha value is -3.68. The molecule has 1 unspecified atom stereocenters. The van der Waals surface area contributed by atoms with Gasteiger partial charge in [0, 0.05) is 12.7 Å². The molecule has 1 amide bonds. The van der Waals surface area contributed by atoms with Crippen molar-refractivity contribution < 1.29 is 9.53 Å². The van der Waals surface area contributed by atoms with Crippen molar-refractivity contribution in [1.29, 1.82) is 0 Å². The molecule has 0 spiro atoms. The van der Waals surface area contributed by atoms with E-state index in [0.29, 0.717) is 24.3 Å². The van der Waals surface area contributed by atoms with Crippen LogP contribution < -0.4 is 4.74 Å². The number of carbonyl (C=O) groups excluding carboxylic acids is 1. The van der Waals surface area contributed by atoms with Crippen LogP contribution in [0.5, 0.6) is 5.75 Å². The van der Waals surface area contributed by atoms with E-state index in [1.54, 1.807) is 23.1 Å². The zero-order chi connectivity index (χ0) is 19.6. The number of nitrogens with zero attached hydrogens (tertiary/aromatic N) is 6. The highest BCUT2D eigenvalue weighted by molar-refractivity contribution is 5.97. The zero-order valence-corrected chi connectivity index (χ0v) is 15.8. The van der Waals surface area contributed by atoms with Gasteiger partial charge in [0.15, 0.2) is 0 Å². The molecule has 5 rings (SSSR count). The molecule has 0 saturated carbocycles. The van der Waals surface area contributed by atoms with Crippen molar-refractivity contribution in [3.05, 3.63) is 72.8 Å². The standard InChI is InChI=1S/C21H20N6O2/c28-21(17-6-1-2-7-18(17)27-23-11-12-24-27)25-13-3-5-16(15-25)29-20-8-4-14-26-19(20)9-10-22-26/h1-2,4,6-12,14,16H,3,5,13,15H2. The maximum absolute atomic E-state index is 13.3. The largest absolute Gasteiger partial charge is 0.486 e. The van der Waals surface area contributed by atoms with E-state index >= 15 is 0 Å². The lowest BCUT2D eigenvalue weighted by Crippen LogP contribution is -2.44. The molecular formula is C21H20N6O2. The number of amides is 1. The Bertz CT molecular complexity index is 1140. The molecule has 1 atom stereocenters. The second kappa shape index (κ2) is 7.38. The minimum Gasteiger partial charge on any atom is -0.486 e. The SMILES string of the molecule is O=C(c1ccccc1-n1nccn1)N1CCCC(Oc2cccn3nccc23)C1. The molecule has 8 nitrogen and oxygen atoms in total. The number of fused-ring (bicyclic) bond motifs is 1. The Labute approximate surface area is 167 Å². The van der Waals surface area contributed by atoms with Gasteiger partial charge in [0.25, 0.3) is 5.91 Å². The quantitative estimate of drug-likeness (QED) is 0.537. The molecule has 146 valence electrons. The van der Waals surface area contributed by atoms with E-state index in [2.05, 4.69) is 15.3 Å². The van der Waals surface area contributed by atoms with Crippen molar-refractivity contribution in [2.75, 3.05) is 13.1 Å². The van der Waals surface area contributed by atoms with E-state index in [9.17, 15) is 4.79 Å². The molecule has 8 heteroatoms.